The van der Waals surface area contributed by atoms with Crippen LogP contribution in [-0.2, 0) is 6.42 Å². The van der Waals surface area contributed by atoms with Crippen LogP contribution in [0.2, 0.25) is 0 Å². The molecule has 0 heterocycles. The molecule has 0 aliphatic rings. The van der Waals surface area contributed by atoms with E-state index in [0.717, 1.165) is 6.42 Å². The van der Waals surface area contributed by atoms with E-state index in [-0.39, 0.29) is 11.1 Å². The zero-order valence-electron chi connectivity index (χ0n) is 19.5. The lowest BCUT2D eigenvalue weighted by atomic mass is 9.89. The average molecular weight is 381 g/mol. The maximum absolute atomic E-state index is 2.50. The first-order valence-electron chi connectivity index (χ1n) is 10.5. The summed E-state index contributed by atoms with van der Waals surface area (Å²) < 4.78 is 0. The highest BCUT2D eigenvalue weighted by molar-refractivity contribution is 5.28. The fraction of sp³-hybridized carbons (Fsp3) is 0.538. The Kier molecular flexibility index (Phi) is 7.12. The second-order valence-corrected chi connectivity index (χ2v) is 9.89. The molecule has 0 N–H and O–H groups in total. The molecule has 0 saturated heterocycles. The Balaban J connectivity index is 2.18. The summed E-state index contributed by atoms with van der Waals surface area (Å²) in [6.45, 7) is 16.1. The minimum atomic E-state index is 0.0625. The molecule has 0 radical (unpaired) electrons. The van der Waals surface area contributed by atoms with Crippen molar-refractivity contribution < 1.29 is 0 Å². The zero-order chi connectivity index (χ0) is 21.1. The molecule has 0 fully saturated rings. The second-order valence-electron chi connectivity index (χ2n) is 9.89. The van der Waals surface area contributed by atoms with E-state index < -0.39 is 0 Å². The van der Waals surface area contributed by atoms with Gasteiger partial charge in [-0.1, -0.05) is 54.6 Å². The molecule has 2 nitrogen and oxygen atoms in total. The van der Waals surface area contributed by atoms with E-state index in [1.54, 1.807) is 0 Å². The Morgan fingerprint density at radius 2 is 1.25 bits per heavy atom. The van der Waals surface area contributed by atoms with Crippen LogP contribution in [0.15, 0.2) is 54.6 Å². The lowest BCUT2D eigenvalue weighted by molar-refractivity contribution is 0.109. The number of likely N-dealkylation sites (N-methyl/N-ethyl adjacent to an activating group) is 1. The van der Waals surface area contributed by atoms with Gasteiger partial charge in [-0.15, -0.1) is 0 Å². The van der Waals surface area contributed by atoms with Gasteiger partial charge in [0.2, 0.25) is 0 Å². The van der Waals surface area contributed by atoms with Gasteiger partial charge < -0.3 is 0 Å². The Hall–Kier alpha value is -1.64. The maximum Gasteiger partial charge on any atom is 0.0322 e. The molecule has 2 atom stereocenters. The smallest absolute Gasteiger partial charge is 0.0322 e. The van der Waals surface area contributed by atoms with Gasteiger partial charge in [0.1, 0.15) is 0 Å². The van der Waals surface area contributed by atoms with Crippen LogP contribution in [-0.4, -0.2) is 35.0 Å². The Labute approximate surface area is 173 Å². The van der Waals surface area contributed by atoms with Crippen LogP contribution < -0.4 is 0 Å². The van der Waals surface area contributed by atoms with Gasteiger partial charge in [0.05, 0.1) is 0 Å². The van der Waals surface area contributed by atoms with Crippen molar-refractivity contribution in [2.45, 2.75) is 78.0 Å². The second kappa shape index (κ2) is 8.80. The molecule has 0 aliphatic carbocycles. The maximum atomic E-state index is 2.50. The van der Waals surface area contributed by atoms with Gasteiger partial charge in [0.25, 0.3) is 0 Å². The summed E-state index contributed by atoms with van der Waals surface area (Å²) >= 11 is 0. The van der Waals surface area contributed by atoms with Crippen molar-refractivity contribution in [3.8, 4) is 0 Å². The third-order valence-corrected chi connectivity index (χ3v) is 6.53. The lowest BCUT2D eigenvalue weighted by Crippen LogP contribution is -2.44. The predicted molar refractivity (Wildman–Crippen MR) is 123 cm³/mol. The molecule has 2 aromatic rings. The fourth-order valence-electron chi connectivity index (χ4n) is 3.87. The van der Waals surface area contributed by atoms with Gasteiger partial charge in [-0.25, -0.2) is 0 Å². The third kappa shape index (κ3) is 5.46. The zero-order valence-corrected chi connectivity index (χ0v) is 19.5. The van der Waals surface area contributed by atoms with Crippen LogP contribution in [0.1, 0.15) is 77.2 Å². The molecule has 2 rings (SSSR count). The van der Waals surface area contributed by atoms with Crippen LogP contribution in [0.25, 0.3) is 0 Å². The van der Waals surface area contributed by atoms with Crippen LogP contribution in [0.5, 0.6) is 0 Å². The van der Waals surface area contributed by atoms with E-state index in [9.17, 15) is 0 Å². The monoisotopic (exact) mass is 380 g/mol. The number of hydrogen-bond donors (Lipinski definition) is 0. The van der Waals surface area contributed by atoms with Crippen molar-refractivity contribution in [1.29, 1.82) is 0 Å². The van der Waals surface area contributed by atoms with E-state index in [1.165, 1.54) is 16.7 Å². The minimum Gasteiger partial charge on any atom is -0.295 e. The molecule has 0 spiro atoms. The molecule has 154 valence electrons. The molecule has 0 bridgehead atoms. The molecular weight excluding hydrogens is 340 g/mol. The van der Waals surface area contributed by atoms with Gasteiger partial charge in [-0.2, -0.15) is 0 Å². The number of benzene rings is 2. The summed E-state index contributed by atoms with van der Waals surface area (Å²) in [5, 5.41) is 0. The largest absolute Gasteiger partial charge is 0.295 e. The average Bonchev–Trinajstić information content (AvgIpc) is 2.65. The van der Waals surface area contributed by atoms with Gasteiger partial charge >= 0.3 is 0 Å². The van der Waals surface area contributed by atoms with Gasteiger partial charge in [-0.3, -0.25) is 9.80 Å². The van der Waals surface area contributed by atoms with Crippen LogP contribution in [0.3, 0.4) is 0 Å². The van der Waals surface area contributed by atoms with E-state index in [0.29, 0.717) is 12.1 Å². The fourth-order valence-corrected chi connectivity index (χ4v) is 3.87. The lowest BCUT2D eigenvalue weighted by Gasteiger charge is -2.41. The summed E-state index contributed by atoms with van der Waals surface area (Å²) in [7, 11) is 4.47. The molecular formula is C26H40N2. The molecule has 0 aliphatic heterocycles. The van der Waals surface area contributed by atoms with Crippen LogP contribution in [0, 0.1) is 0 Å². The van der Waals surface area contributed by atoms with Crippen molar-refractivity contribution in [3.05, 3.63) is 71.3 Å². The summed E-state index contributed by atoms with van der Waals surface area (Å²) in [6, 6.07) is 20.7. The first-order chi connectivity index (χ1) is 12.9. The molecule has 28 heavy (non-hydrogen) atoms. The Morgan fingerprint density at radius 1 is 0.714 bits per heavy atom. The molecule has 0 aromatic heterocycles. The van der Waals surface area contributed by atoms with Crippen molar-refractivity contribution in [3.63, 3.8) is 0 Å². The third-order valence-electron chi connectivity index (χ3n) is 6.53. The summed E-state index contributed by atoms with van der Waals surface area (Å²) in [6.07, 6.45) is 1.03. The topological polar surface area (TPSA) is 6.48 Å². The molecule has 2 heteroatoms. The number of hydrogen-bond acceptors (Lipinski definition) is 2. The Bertz CT molecular complexity index is 743. The summed E-state index contributed by atoms with van der Waals surface area (Å²) in [4.78, 5) is 4.95. The van der Waals surface area contributed by atoms with Crippen molar-refractivity contribution >= 4 is 0 Å². The number of nitrogens with zero attached hydrogens (tertiary/aromatic N) is 2. The Morgan fingerprint density at radius 3 is 1.82 bits per heavy atom. The van der Waals surface area contributed by atoms with Crippen molar-refractivity contribution in [2.24, 2.45) is 0 Å². The highest BCUT2D eigenvalue weighted by Crippen LogP contribution is 2.31. The SMILES string of the molecule is C[C@H](c1ccccc1)N(C)C(C)(C)Cc1cccc([C@H](C)N(C)C(C)(C)C)c1. The highest BCUT2D eigenvalue weighted by atomic mass is 15.2. The van der Waals surface area contributed by atoms with E-state index >= 15 is 0 Å². The number of rotatable bonds is 7. The predicted octanol–water partition coefficient (Wildman–Crippen LogP) is 6.49. The first kappa shape index (κ1) is 22.6. The summed E-state index contributed by atoms with van der Waals surface area (Å²) in [5.41, 5.74) is 4.38. The van der Waals surface area contributed by atoms with Gasteiger partial charge in [0, 0.05) is 23.2 Å². The quantitative estimate of drug-likeness (QED) is 0.541. The molecule has 0 saturated carbocycles. The van der Waals surface area contributed by atoms with E-state index in [1.807, 2.05) is 0 Å². The van der Waals surface area contributed by atoms with Gasteiger partial charge in [0.15, 0.2) is 0 Å². The minimum absolute atomic E-state index is 0.0625. The normalized spacial score (nSPS) is 15.1. The standard InChI is InChI=1S/C26H40N2/c1-20(23-15-11-10-12-16-23)28(9)26(6,7)19-22-14-13-17-24(18-22)21(2)27(8)25(3,4)5/h10-18,20-21H,19H2,1-9H3/t20-,21+/m1/s1. The van der Waals surface area contributed by atoms with Crippen molar-refractivity contribution in [2.75, 3.05) is 14.1 Å². The summed E-state index contributed by atoms with van der Waals surface area (Å²) in [5.74, 6) is 0. The molecule has 0 amide bonds. The van der Waals surface area contributed by atoms with E-state index in [4.69, 9.17) is 0 Å². The van der Waals surface area contributed by atoms with E-state index in [2.05, 4.69) is 127 Å². The highest BCUT2D eigenvalue weighted by Gasteiger charge is 2.29. The molecule has 2 aromatic carbocycles. The van der Waals surface area contributed by atoms with Crippen LogP contribution >= 0.6 is 0 Å². The first-order valence-corrected chi connectivity index (χ1v) is 10.5. The van der Waals surface area contributed by atoms with Crippen molar-refractivity contribution in [1.82, 2.24) is 9.80 Å². The van der Waals surface area contributed by atoms with Crippen LogP contribution in [0.4, 0.5) is 0 Å². The molecule has 0 unspecified atom stereocenters. The van der Waals surface area contributed by atoms with Gasteiger partial charge in [-0.05, 0) is 85.7 Å².